The molecule has 4 rings (SSSR count). The summed E-state index contributed by atoms with van der Waals surface area (Å²) in [6.45, 7) is 5.96. The lowest BCUT2D eigenvalue weighted by Gasteiger charge is -2.46. The Balaban J connectivity index is 1.94. The molecule has 2 aromatic rings. The van der Waals surface area contributed by atoms with Crippen LogP contribution in [0.5, 0.6) is 0 Å². The lowest BCUT2D eigenvalue weighted by atomic mass is 9.70. The van der Waals surface area contributed by atoms with Crippen LogP contribution in [0.1, 0.15) is 31.9 Å². The van der Waals surface area contributed by atoms with Crippen molar-refractivity contribution in [1.29, 1.82) is 0 Å². The van der Waals surface area contributed by atoms with Gasteiger partial charge in [0.1, 0.15) is 9.93 Å². The zero-order valence-electron chi connectivity index (χ0n) is 18.3. The smallest absolute Gasteiger partial charge is 0.169 e. The number of hydrogen-bond donors (Lipinski definition) is 1. The van der Waals surface area contributed by atoms with Crippen molar-refractivity contribution in [3.63, 3.8) is 0 Å². The van der Waals surface area contributed by atoms with Gasteiger partial charge in [-0.2, -0.15) is 0 Å². The van der Waals surface area contributed by atoms with Gasteiger partial charge in [-0.3, -0.25) is 4.99 Å². The topological polar surface area (TPSA) is 41.8 Å². The van der Waals surface area contributed by atoms with E-state index in [1.165, 1.54) is 0 Å². The van der Waals surface area contributed by atoms with Gasteiger partial charge in [0.25, 0.3) is 0 Å². The highest BCUT2D eigenvalue weighted by Crippen LogP contribution is 2.51. The number of allylic oxidation sites excluding steroid dienone is 4. The van der Waals surface area contributed by atoms with Crippen molar-refractivity contribution in [1.82, 2.24) is 0 Å². The molecule has 1 aliphatic heterocycles. The molecule has 33 heavy (non-hydrogen) atoms. The molecular formula is C26H23Br2Cl2NO2. The molecule has 1 heterocycles. The standard InChI is InChI=1S/C26H23Br2Cl2NO2/c1-24(2,3)33-22-15-21(27)20-5-4-14-25(28,23(20)31-22)26(32,16-6-10-18(29)11-7-16)17-8-12-19(30)13-9-17/h4-15,22,32H,1-3H3. The maximum Gasteiger partial charge on any atom is 0.169 e. The van der Waals surface area contributed by atoms with E-state index in [4.69, 9.17) is 32.9 Å². The average Bonchev–Trinajstić information content (AvgIpc) is 2.74. The molecule has 0 bridgehead atoms. The average molecular weight is 612 g/mol. The van der Waals surface area contributed by atoms with Crippen LogP contribution in [0.25, 0.3) is 0 Å². The van der Waals surface area contributed by atoms with E-state index in [1.54, 1.807) is 24.3 Å². The van der Waals surface area contributed by atoms with Crippen molar-refractivity contribution in [3.8, 4) is 0 Å². The number of aliphatic imine (C=N–C) groups is 1. The number of rotatable bonds is 4. The first-order valence-electron chi connectivity index (χ1n) is 10.4. The first kappa shape index (κ1) is 24.9. The Morgan fingerprint density at radius 3 is 1.97 bits per heavy atom. The van der Waals surface area contributed by atoms with Crippen LogP contribution < -0.4 is 0 Å². The Morgan fingerprint density at radius 1 is 0.970 bits per heavy atom. The Hall–Kier alpha value is -1.21. The summed E-state index contributed by atoms with van der Waals surface area (Å²) in [5.41, 5.74) is 0.873. The second-order valence-corrected chi connectivity index (χ2v) is 12.0. The summed E-state index contributed by atoms with van der Waals surface area (Å²) < 4.78 is 5.90. The molecule has 2 aliphatic rings. The fraction of sp³-hybridized carbons (Fsp3) is 0.269. The molecule has 0 saturated carbocycles. The van der Waals surface area contributed by atoms with Crippen molar-refractivity contribution in [3.05, 3.63) is 104 Å². The second kappa shape index (κ2) is 9.10. The molecule has 0 saturated heterocycles. The van der Waals surface area contributed by atoms with Crippen molar-refractivity contribution >= 4 is 60.8 Å². The van der Waals surface area contributed by atoms with Crippen LogP contribution in [0.4, 0.5) is 0 Å². The number of hydrogen-bond acceptors (Lipinski definition) is 3. The molecule has 2 atom stereocenters. The molecule has 1 N–H and O–H groups in total. The summed E-state index contributed by atoms with van der Waals surface area (Å²) in [5.74, 6) is 0. The molecule has 7 heteroatoms. The molecule has 0 fully saturated rings. The maximum atomic E-state index is 12.6. The van der Waals surface area contributed by atoms with E-state index in [-0.39, 0.29) is 0 Å². The van der Waals surface area contributed by atoms with Gasteiger partial charge in [0.2, 0.25) is 0 Å². The molecule has 2 unspecified atom stereocenters. The molecule has 1 aliphatic carbocycles. The normalized spacial score (nSPS) is 22.9. The van der Waals surface area contributed by atoms with Crippen molar-refractivity contribution in [2.45, 2.75) is 42.5 Å². The third-order valence-electron chi connectivity index (χ3n) is 5.52. The number of alkyl halides is 1. The van der Waals surface area contributed by atoms with Gasteiger partial charge >= 0.3 is 0 Å². The summed E-state index contributed by atoms with van der Waals surface area (Å²) in [7, 11) is 0. The van der Waals surface area contributed by atoms with Crippen LogP contribution >= 0.6 is 55.1 Å². The number of dihydropyridines is 1. The van der Waals surface area contributed by atoms with E-state index >= 15 is 0 Å². The van der Waals surface area contributed by atoms with E-state index in [0.29, 0.717) is 26.9 Å². The predicted molar refractivity (Wildman–Crippen MR) is 144 cm³/mol. The van der Waals surface area contributed by atoms with E-state index in [1.807, 2.05) is 69.3 Å². The van der Waals surface area contributed by atoms with Crippen LogP contribution in [-0.4, -0.2) is 27.0 Å². The van der Waals surface area contributed by atoms with Gasteiger partial charge in [0, 0.05) is 20.1 Å². The predicted octanol–water partition coefficient (Wildman–Crippen LogP) is 7.73. The quantitative estimate of drug-likeness (QED) is 0.360. The Kier molecular flexibility index (Phi) is 6.87. The van der Waals surface area contributed by atoms with E-state index < -0.39 is 21.8 Å². The van der Waals surface area contributed by atoms with Crippen molar-refractivity contribution in [2.24, 2.45) is 4.99 Å². The van der Waals surface area contributed by atoms with Gasteiger partial charge in [-0.25, -0.2) is 0 Å². The Labute approximate surface area is 221 Å². The lowest BCUT2D eigenvalue weighted by Crippen LogP contribution is -2.54. The number of halogens is 4. The van der Waals surface area contributed by atoms with Crippen LogP contribution in [0.15, 0.2) is 87.9 Å². The molecule has 0 amide bonds. The van der Waals surface area contributed by atoms with Crippen LogP contribution in [0.2, 0.25) is 10.0 Å². The number of aliphatic hydroxyl groups is 1. The highest BCUT2D eigenvalue weighted by molar-refractivity contribution is 9.12. The highest BCUT2D eigenvalue weighted by atomic mass is 79.9. The Bertz CT molecular complexity index is 1130. The summed E-state index contributed by atoms with van der Waals surface area (Å²) in [4.78, 5) is 4.95. The summed E-state index contributed by atoms with van der Waals surface area (Å²) in [6, 6.07) is 14.4. The highest BCUT2D eigenvalue weighted by Gasteiger charge is 2.55. The van der Waals surface area contributed by atoms with Gasteiger partial charge in [0.15, 0.2) is 6.23 Å². The zero-order chi connectivity index (χ0) is 24.0. The van der Waals surface area contributed by atoms with Crippen LogP contribution in [0.3, 0.4) is 0 Å². The first-order chi connectivity index (χ1) is 15.4. The first-order valence-corrected chi connectivity index (χ1v) is 12.8. The molecule has 0 aromatic heterocycles. The van der Waals surface area contributed by atoms with Gasteiger partial charge in [-0.15, -0.1) is 0 Å². The molecule has 172 valence electrons. The number of ether oxygens (including phenoxy) is 1. The number of fused-ring (bicyclic) bond motifs is 1. The summed E-state index contributed by atoms with van der Waals surface area (Å²) in [6.07, 6.45) is 7.21. The Morgan fingerprint density at radius 2 is 1.48 bits per heavy atom. The van der Waals surface area contributed by atoms with Crippen LogP contribution in [0, 0.1) is 0 Å². The van der Waals surface area contributed by atoms with E-state index in [9.17, 15) is 5.11 Å². The number of benzene rings is 2. The van der Waals surface area contributed by atoms with Crippen molar-refractivity contribution in [2.75, 3.05) is 0 Å². The second-order valence-electron chi connectivity index (χ2n) is 8.99. The van der Waals surface area contributed by atoms with E-state index in [2.05, 4.69) is 31.9 Å². The fourth-order valence-electron chi connectivity index (χ4n) is 4.05. The molecule has 0 radical (unpaired) electrons. The monoisotopic (exact) mass is 609 g/mol. The minimum absolute atomic E-state index is 0.401. The molecule has 3 nitrogen and oxygen atoms in total. The minimum Gasteiger partial charge on any atom is -0.378 e. The third-order valence-corrected chi connectivity index (χ3v) is 7.93. The number of nitrogens with zero attached hydrogens (tertiary/aromatic N) is 1. The third kappa shape index (κ3) is 4.69. The SMILES string of the molecule is CC(C)(C)OC1C=C(Br)C2=CC=CC(Br)(C(O)(c3ccc(Cl)cc3)c3ccc(Cl)cc3)C2=N1. The minimum atomic E-state index is -1.55. The fourth-order valence-corrected chi connectivity index (χ4v) is 5.77. The molecule has 2 aromatic carbocycles. The maximum absolute atomic E-state index is 12.6. The van der Waals surface area contributed by atoms with Crippen LogP contribution in [-0.2, 0) is 10.3 Å². The van der Waals surface area contributed by atoms with Gasteiger partial charge in [-0.1, -0.05) is 97.6 Å². The van der Waals surface area contributed by atoms with Gasteiger partial charge in [0.05, 0.1) is 11.3 Å². The van der Waals surface area contributed by atoms with Gasteiger partial charge < -0.3 is 9.84 Å². The largest absolute Gasteiger partial charge is 0.378 e. The van der Waals surface area contributed by atoms with Crippen molar-refractivity contribution < 1.29 is 9.84 Å². The van der Waals surface area contributed by atoms with Gasteiger partial charge in [-0.05, 0) is 62.2 Å². The van der Waals surface area contributed by atoms with E-state index in [0.717, 1.165) is 10.1 Å². The summed E-state index contributed by atoms with van der Waals surface area (Å²) in [5, 5.41) is 13.8. The molecular weight excluding hydrogens is 589 g/mol. The lowest BCUT2D eigenvalue weighted by molar-refractivity contribution is -0.0346. The zero-order valence-corrected chi connectivity index (χ0v) is 23.0. The summed E-state index contributed by atoms with van der Waals surface area (Å²) >= 11 is 20.0. The molecule has 0 spiro atoms.